The number of carbonyl (C=O) groups excluding carboxylic acids is 1. The topological polar surface area (TPSA) is 57.6 Å². The molecule has 0 bridgehead atoms. The van der Waals surface area contributed by atoms with Crippen molar-refractivity contribution < 1.29 is 14.7 Å². The van der Waals surface area contributed by atoms with Crippen LogP contribution in [0.4, 0.5) is 0 Å². The lowest BCUT2D eigenvalue weighted by atomic mass is 9.89. The van der Waals surface area contributed by atoms with Gasteiger partial charge in [-0.1, -0.05) is 28.1 Å². The Morgan fingerprint density at radius 1 is 1.28 bits per heavy atom. The van der Waals surface area contributed by atoms with Crippen LogP contribution in [0.1, 0.15) is 24.3 Å². The Morgan fingerprint density at radius 3 is 2.50 bits per heavy atom. The monoisotopic (exact) mass is 311 g/mol. The fourth-order valence-corrected chi connectivity index (χ4v) is 2.73. The first-order chi connectivity index (χ1) is 8.58. The molecule has 0 atom stereocenters. The number of nitrogens with zero attached hydrogens (tertiary/aromatic N) is 1. The third-order valence-electron chi connectivity index (χ3n) is 3.29. The van der Waals surface area contributed by atoms with Gasteiger partial charge in [-0.3, -0.25) is 4.79 Å². The van der Waals surface area contributed by atoms with Crippen molar-refractivity contribution in [2.24, 2.45) is 0 Å². The summed E-state index contributed by atoms with van der Waals surface area (Å²) < 4.78 is 1.05. The summed E-state index contributed by atoms with van der Waals surface area (Å²) in [6.07, 6.45) is 1.63. The summed E-state index contributed by atoms with van der Waals surface area (Å²) in [7, 11) is 0. The van der Waals surface area contributed by atoms with Gasteiger partial charge in [0.2, 0.25) is 0 Å². The number of halogens is 1. The highest BCUT2D eigenvalue weighted by Crippen LogP contribution is 2.29. The maximum Gasteiger partial charge on any atom is 0.394 e. The molecule has 1 N–H and O–H groups in total. The third-order valence-corrected chi connectivity index (χ3v) is 3.78. The van der Waals surface area contributed by atoms with E-state index in [0.717, 1.165) is 17.3 Å². The predicted octanol–water partition coefficient (Wildman–Crippen LogP) is 2.24. The van der Waals surface area contributed by atoms with E-state index in [1.165, 1.54) is 10.5 Å². The first-order valence-electron chi connectivity index (χ1n) is 5.85. The molecule has 2 rings (SSSR count). The van der Waals surface area contributed by atoms with Gasteiger partial charge in [-0.15, -0.1) is 0 Å². The molecule has 0 aromatic heterocycles. The van der Waals surface area contributed by atoms with Crippen LogP contribution in [0.5, 0.6) is 0 Å². The number of aliphatic carboxylic acids is 1. The van der Waals surface area contributed by atoms with Gasteiger partial charge in [0.15, 0.2) is 0 Å². The fourth-order valence-electron chi connectivity index (χ4n) is 2.31. The Labute approximate surface area is 114 Å². The van der Waals surface area contributed by atoms with Crippen molar-refractivity contribution in [3.8, 4) is 0 Å². The third kappa shape index (κ3) is 2.90. The van der Waals surface area contributed by atoms with E-state index in [4.69, 9.17) is 5.11 Å². The van der Waals surface area contributed by atoms with E-state index < -0.39 is 11.9 Å². The minimum Gasteiger partial charge on any atom is -0.474 e. The molecular weight excluding hydrogens is 298 g/mol. The molecule has 1 aromatic carbocycles. The number of likely N-dealkylation sites (tertiary alicyclic amines) is 1. The molecule has 5 heteroatoms. The van der Waals surface area contributed by atoms with Crippen LogP contribution in [0.15, 0.2) is 28.7 Å². The van der Waals surface area contributed by atoms with Crippen molar-refractivity contribution in [1.29, 1.82) is 0 Å². The molecule has 1 heterocycles. The number of carboxylic acids is 1. The number of hydrogen-bond donors (Lipinski definition) is 1. The lowest BCUT2D eigenvalue weighted by Gasteiger charge is -2.31. The van der Waals surface area contributed by atoms with Crippen LogP contribution in [-0.2, 0) is 9.59 Å². The van der Waals surface area contributed by atoms with E-state index in [-0.39, 0.29) is 0 Å². The number of carbonyl (C=O) groups is 2. The van der Waals surface area contributed by atoms with E-state index in [2.05, 4.69) is 28.1 Å². The molecule has 96 valence electrons. The highest BCUT2D eigenvalue weighted by Gasteiger charge is 2.27. The molecule has 1 saturated heterocycles. The maximum atomic E-state index is 11.3. The van der Waals surface area contributed by atoms with Gasteiger partial charge in [0.05, 0.1) is 0 Å². The Kier molecular flexibility index (Phi) is 4.01. The van der Waals surface area contributed by atoms with Gasteiger partial charge in [0.25, 0.3) is 0 Å². The highest BCUT2D eigenvalue weighted by molar-refractivity contribution is 9.10. The van der Waals surface area contributed by atoms with E-state index in [1.807, 2.05) is 12.1 Å². The molecule has 4 nitrogen and oxygen atoms in total. The molecule has 0 aliphatic carbocycles. The summed E-state index contributed by atoms with van der Waals surface area (Å²) in [6, 6.07) is 8.13. The van der Waals surface area contributed by atoms with Crippen molar-refractivity contribution in [2.75, 3.05) is 13.1 Å². The number of amides is 1. The standard InChI is InChI=1S/C13H14BrNO3/c14-11-3-1-2-10(8-11)9-4-6-15(7-5-9)12(16)13(17)18/h1-3,8-9H,4-7H2,(H,17,18). The van der Waals surface area contributed by atoms with Crippen LogP contribution in [0.25, 0.3) is 0 Å². The van der Waals surface area contributed by atoms with Crippen molar-refractivity contribution in [1.82, 2.24) is 4.90 Å². The predicted molar refractivity (Wildman–Crippen MR) is 70.3 cm³/mol. The van der Waals surface area contributed by atoms with Crippen LogP contribution in [0.2, 0.25) is 0 Å². The number of hydrogen-bond acceptors (Lipinski definition) is 2. The average Bonchev–Trinajstić information content (AvgIpc) is 2.38. The molecule has 18 heavy (non-hydrogen) atoms. The number of piperidine rings is 1. The SMILES string of the molecule is O=C(O)C(=O)N1CCC(c2cccc(Br)c2)CC1. The summed E-state index contributed by atoms with van der Waals surface area (Å²) in [5.74, 6) is -1.75. The summed E-state index contributed by atoms with van der Waals surface area (Å²) in [4.78, 5) is 23.3. The summed E-state index contributed by atoms with van der Waals surface area (Å²) in [5, 5.41) is 8.66. The van der Waals surface area contributed by atoms with E-state index in [0.29, 0.717) is 19.0 Å². The second kappa shape index (κ2) is 5.52. The minimum atomic E-state index is -1.36. The first-order valence-corrected chi connectivity index (χ1v) is 6.65. The van der Waals surface area contributed by atoms with Gasteiger partial charge < -0.3 is 10.0 Å². The van der Waals surface area contributed by atoms with Gasteiger partial charge in [-0.2, -0.15) is 0 Å². The second-order valence-electron chi connectivity index (χ2n) is 4.43. The highest BCUT2D eigenvalue weighted by atomic mass is 79.9. The molecule has 0 radical (unpaired) electrons. The number of carboxylic acid groups (broad SMARTS) is 1. The lowest BCUT2D eigenvalue weighted by molar-refractivity contribution is -0.156. The zero-order valence-corrected chi connectivity index (χ0v) is 11.4. The molecular formula is C13H14BrNO3. The summed E-state index contributed by atoms with van der Waals surface area (Å²) in [5.41, 5.74) is 1.24. The molecule has 1 aliphatic heterocycles. The quantitative estimate of drug-likeness (QED) is 0.809. The fraction of sp³-hybridized carbons (Fsp3) is 0.385. The molecule has 1 aliphatic rings. The average molecular weight is 312 g/mol. The molecule has 0 unspecified atom stereocenters. The maximum absolute atomic E-state index is 11.3. The zero-order valence-electron chi connectivity index (χ0n) is 9.80. The van der Waals surface area contributed by atoms with Crippen molar-refractivity contribution >= 4 is 27.8 Å². The van der Waals surface area contributed by atoms with Crippen LogP contribution in [0.3, 0.4) is 0 Å². The second-order valence-corrected chi connectivity index (χ2v) is 5.34. The Morgan fingerprint density at radius 2 is 1.94 bits per heavy atom. The van der Waals surface area contributed by atoms with Crippen molar-refractivity contribution in [2.45, 2.75) is 18.8 Å². The van der Waals surface area contributed by atoms with E-state index in [1.54, 1.807) is 0 Å². The van der Waals surface area contributed by atoms with Crippen molar-refractivity contribution in [3.05, 3.63) is 34.3 Å². The Hall–Kier alpha value is -1.36. The molecule has 1 amide bonds. The van der Waals surface area contributed by atoms with Gasteiger partial charge in [-0.25, -0.2) is 4.79 Å². The first kappa shape index (κ1) is 13.1. The normalized spacial score (nSPS) is 16.6. The number of rotatable bonds is 1. The van der Waals surface area contributed by atoms with Gasteiger partial charge in [0, 0.05) is 17.6 Å². The van der Waals surface area contributed by atoms with E-state index in [9.17, 15) is 9.59 Å². The zero-order chi connectivity index (χ0) is 13.1. The smallest absolute Gasteiger partial charge is 0.394 e. The van der Waals surface area contributed by atoms with Crippen LogP contribution in [-0.4, -0.2) is 35.0 Å². The largest absolute Gasteiger partial charge is 0.474 e. The Bertz CT molecular complexity index is 467. The number of benzene rings is 1. The molecule has 1 aromatic rings. The molecule has 0 spiro atoms. The van der Waals surface area contributed by atoms with Crippen LogP contribution in [0, 0.1) is 0 Å². The summed E-state index contributed by atoms with van der Waals surface area (Å²) in [6.45, 7) is 1.03. The Balaban J connectivity index is 1.98. The van der Waals surface area contributed by atoms with Crippen LogP contribution < -0.4 is 0 Å². The van der Waals surface area contributed by atoms with Crippen molar-refractivity contribution in [3.63, 3.8) is 0 Å². The molecule has 1 fully saturated rings. The molecule has 0 saturated carbocycles. The van der Waals surface area contributed by atoms with Gasteiger partial charge in [0.1, 0.15) is 0 Å². The van der Waals surface area contributed by atoms with E-state index >= 15 is 0 Å². The van der Waals surface area contributed by atoms with Gasteiger partial charge in [-0.05, 0) is 36.5 Å². The lowest BCUT2D eigenvalue weighted by Crippen LogP contribution is -2.41. The van der Waals surface area contributed by atoms with Crippen LogP contribution >= 0.6 is 15.9 Å². The minimum absolute atomic E-state index is 0.403. The van der Waals surface area contributed by atoms with Gasteiger partial charge >= 0.3 is 11.9 Å². The summed E-state index contributed by atoms with van der Waals surface area (Å²) >= 11 is 3.44.